The Kier molecular flexibility index (Phi) is 2.97. The fourth-order valence-electron chi connectivity index (χ4n) is 2.85. The number of aryl methyl sites for hydroxylation is 2. The first-order valence-corrected chi connectivity index (χ1v) is 8.28. The normalized spacial score (nSPS) is 13.8. The molecule has 0 fully saturated rings. The van der Waals surface area contributed by atoms with Crippen LogP contribution >= 0.6 is 27.3 Å². The molecule has 2 aromatic heterocycles. The van der Waals surface area contributed by atoms with Gasteiger partial charge in [0.25, 0.3) is 0 Å². The van der Waals surface area contributed by atoms with Crippen LogP contribution in [0, 0.1) is 5.82 Å². The van der Waals surface area contributed by atoms with Gasteiger partial charge in [-0.3, -0.25) is 0 Å². The van der Waals surface area contributed by atoms with E-state index in [2.05, 4.69) is 25.9 Å². The minimum absolute atomic E-state index is 0.338. The van der Waals surface area contributed by atoms with Crippen molar-refractivity contribution in [1.82, 2.24) is 9.97 Å². The Morgan fingerprint density at radius 3 is 2.90 bits per heavy atom. The van der Waals surface area contributed by atoms with Crippen molar-refractivity contribution >= 4 is 43.3 Å². The van der Waals surface area contributed by atoms with Crippen LogP contribution in [-0.2, 0) is 12.8 Å². The molecule has 4 rings (SSSR count). The van der Waals surface area contributed by atoms with E-state index in [1.165, 1.54) is 16.5 Å². The van der Waals surface area contributed by atoms with E-state index in [0.29, 0.717) is 21.7 Å². The molecule has 2 N–H and O–H groups in total. The summed E-state index contributed by atoms with van der Waals surface area (Å²) >= 11 is 5.01. The van der Waals surface area contributed by atoms with Gasteiger partial charge in [-0.2, -0.15) is 0 Å². The quantitative estimate of drug-likeness (QED) is 0.699. The highest BCUT2D eigenvalue weighted by Crippen LogP contribution is 2.40. The zero-order valence-electron chi connectivity index (χ0n) is 11.0. The van der Waals surface area contributed by atoms with Crippen LogP contribution in [0.3, 0.4) is 0 Å². The largest absolute Gasteiger partial charge is 0.383 e. The first kappa shape index (κ1) is 13.2. The van der Waals surface area contributed by atoms with Gasteiger partial charge in [-0.15, -0.1) is 11.3 Å². The third-order valence-corrected chi connectivity index (χ3v) is 5.63. The van der Waals surface area contributed by atoms with Gasteiger partial charge in [0.15, 0.2) is 5.82 Å². The van der Waals surface area contributed by atoms with Crippen LogP contribution in [0.5, 0.6) is 0 Å². The minimum Gasteiger partial charge on any atom is -0.383 e. The predicted molar refractivity (Wildman–Crippen MR) is 86.9 cm³/mol. The lowest BCUT2D eigenvalue weighted by molar-refractivity contribution is 0.629. The number of fused-ring (bicyclic) bond motifs is 3. The summed E-state index contributed by atoms with van der Waals surface area (Å²) in [7, 11) is 0. The van der Waals surface area contributed by atoms with Crippen molar-refractivity contribution < 1.29 is 4.39 Å². The van der Waals surface area contributed by atoms with Crippen LogP contribution in [0.2, 0.25) is 0 Å². The lowest BCUT2D eigenvalue weighted by Crippen LogP contribution is -1.99. The second-order valence-corrected chi connectivity index (χ2v) is 7.00. The molecule has 106 valence electrons. The molecule has 6 heteroatoms. The van der Waals surface area contributed by atoms with Gasteiger partial charge >= 0.3 is 0 Å². The third-order valence-electron chi connectivity index (χ3n) is 3.78. The van der Waals surface area contributed by atoms with Crippen molar-refractivity contribution in [2.75, 3.05) is 5.73 Å². The molecule has 0 radical (unpaired) electrons. The van der Waals surface area contributed by atoms with Crippen LogP contribution in [0.4, 0.5) is 10.2 Å². The molecule has 0 unspecified atom stereocenters. The van der Waals surface area contributed by atoms with E-state index in [-0.39, 0.29) is 5.82 Å². The van der Waals surface area contributed by atoms with Crippen LogP contribution in [-0.4, -0.2) is 9.97 Å². The van der Waals surface area contributed by atoms with Crippen molar-refractivity contribution in [1.29, 1.82) is 0 Å². The molecule has 0 bridgehead atoms. The fourth-order valence-corrected chi connectivity index (χ4v) is 4.64. The number of aromatic nitrogens is 2. The number of hydrogen-bond acceptors (Lipinski definition) is 4. The van der Waals surface area contributed by atoms with Gasteiger partial charge in [0.05, 0.1) is 10.9 Å². The topological polar surface area (TPSA) is 51.8 Å². The molecule has 2 heterocycles. The van der Waals surface area contributed by atoms with Gasteiger partial charge in [0.1, 0.15) is 16.5 Å². The maximum absolute atomic E-state index is 14.1. The van der Waals surface area contributed by atoms with Gasteiger partial charge in [-0.25, -0.2) is 14.4 Å². The number of benzene rings is 1. The van der Waals surface area contributed by atoms with Crippen LogP contribution in [0.1, 0.15) is 16.9 Å². The first-order valence-electron chi connectivity index (χ1n) is 6.67. The maximum atomic E-state index is 14.1. The molecule has 0 saturated carbocycles. The second kappa shape index (κ2) is 4.74. The number of thiophene rings is 1. The lowest BCUT2D eigenvalue weighted by Gasteiger charge is -2.06. The highest BCUT2D eigenvalue weighted by atomic mass is 79.9. The number of nitrogens with zero attached hydrogens (tertiary/aromatic N) is 2. The molecule has 3 nitrogen and oxygen atoms in total. The van der Waals surface area contributed by atoms with Gasteiger partial charge in [0, 0.05) is 9.35 Å². The van der Waals surface area contributed by atoms with Crippen LogP contribution < -0.4 is 5.73 Å². The predicted octanol–water partition coefficient (Wildman–Crippen LogP) is 4.33. The van der Waals surface area contributed by atoms with Gasteiger partial charge < -0.3 is 5.73 Å². The van der Waals surface area contributed by atoms with E-state index >= 15 is 0 Å². The lowest BCUT2D eigenvalue weighted by atomic mass is 10.1. The number of hydrogen-bond donors (Lipinski definition) is 1. The van der Waals surface area contributed by atoms with Gasteiger partial charge in [0.2, 0.25) is 0 Å². The molecule has 0 atom stereocenters. The Morgan fingerprint density at radius 1 is 1.24 bits per heavy atom. The first-order chi connectivity index (χ1) is 10.1. The molecule has 3 aromatic rings. The number of anilines is 1. The Hall–Kier alpha value is -1.53. The third kappa shape index (κ3) is 1.97. The smallest absolute Gasteiger partial charge is 0.167 e. The number of nitrogens with two attached hydrogens (primary N) is 1. The van der Waals surface area contributed by atoms with Crippen LogP contribution in [0.25, 0.3) is 21.6 Å². The molecule has 0 spiro atoms. The summed E-state index contributed by atoms with van der Waals surface area (Å²) in [6.45, 7) is 0. The average Bonchev–Trinajstić information content (AvgIpc) is 2.98. The standard InChI is InChI=1S/C15H11BrFN3S/c16-8-4-2-5-9(17)12(8)14-19-13(18)11-7-3-1-6-10(7)21-15(11)20-14/h2,4-5H,1,3,6H2,(H2,18,19,20). The van der Waals surface area contributed by atoms with Crippen LogP contribution in [0.15, 0.2) is 22.7 Å². The Labute approximate surface area is 133 Å². The highest BCUT2D eigenvalue weighted by Gasteiger charge is 2.22. The van der Waals surface area contributed by atoms with E-state index in [4.69, 9.17) is 5.73 Å². The Bertz CT molecular complexity index is 855. The number of nitrogen functional groups attached to an aromatic ring is 1. The van der Waals surface area contributed by atoms with Gasteiger partial charge in [-0.05, 0) is 52.9 Å². The van der Waals surface area contributed by atoms with Crippen molar-refractivity contribution in [3.8, 4) is 11.4 Å². The van der Waals surface area contributed by atoms with E-state index in [0.717, 1.165) is 29.5 Å². The molecule has 0 amide bonds. The summed E-state index contributed by atoms with van der Waals surface area (Å²) < 4.78 is 14.7. The van der Waals surface area contributed by atoms with Crippen molar-refractivity contribution in [3.63, 3.8) is 0 Å². The molecule has 1 aliphatic carbocycles. The summed E-state index contributed by atoms with van der Waals surface area (Å²) in [5.74, 6) is 0.432. The molecule has 0 aliphatic heterocycles. The molecular formula is C15H11BrFN3S. The molecular weight excluding hydrogens is 353 g/mol. The summed E-state index contributed by atoms with van der Waals surface area (Å²) in [5, 5.41) is 0.962. The zero-order chi connectivity index (χ0) is 14.6. The SMILES string of the molecule is Nc1nc(-c2c(F)cccc2Br)nc2sc3c(c12)CCC3. The molecule has 0 saturated heterocycles. The highest BCUT2D eigenvalue weighted by molar-refractivity contribution is 9.10. The fraction of sp³-hybridized carbons (Fsp3) is 0.200. The second-order valence-electron chi connectivity index (χ2n) is 5.07. The Balaban J connectivity index is 2.00. The summed E-state index contributed by atoms with van der Waals surface area (Å²) in [4.78, 5) is 11.1. The molecule has 1 aliphatic rings. The summed E-state index contributed by atoms with van der Waals surface area (Å²) in [5.41, 5.74) is 7.77. The van der Waals surface area contributed by atoms with Crippen molar-refractivity contribution in [3.05, 3.63) is 38.9 Å². The van der Waals surface area contributed by atoms with E-state index < -0.39 is 0 Å². The minimum atomic E-state index is -0.354. The zero-order valence-corrected chi connectivity index (χ0v) is 13.4. The maximum Gasteiger partial charge on any atom is 0.167 e. The molecule has 1 aromatic carbocycles. The van der Waals surface area contributed by atoms with Crippen molar-refractivity contribution in [2.45, 2.75) is 19.3 Å². The monoisotopic (exact) mass is 363 g/mol. The van der Waals surface area contributed by atoms with E-state index in [1.54, 1.807) is 23.5 Å². The molecule has 21 heavy (non-hydrogen) atoms. The summed E-state index contributed by atoms with van der Waals surface area (Å²) in [6.07, 6.45) is 3.28. The van der Waals surface area contributed by atoms with Gasteiger partial charge in [-0.1, -0.05) is 6.07 Å². The van der Waals surface area contributed by atoms with E-state index in [9.17, 15) is 4.39 Å². The Morgan fingerprint density at radius 2 is 2.10 bits per heavy atom. The summed E-state index contributed by atoms with van der Waals surface area (Å²) in [6, 6.07) is 4.82. The average molecular weight is 364 g/mol. The number of halogens is 2. The van der Waals surface area contributed by atoms with E-state index in [1.807, 2.05) is 0 Å². The van der Waals surface area contributed by atoms with Crippen molar-refractivity contribution in [2.24, 2.45) is 0 Å². The number of rotatable bonds is 1.